The van der Waals surface area contributed by atoms with E-state index in [0.29, 0.717) is 35.9 Å². The fourth-order valence-electron chi connectivity index (χ4n) is 3.47. The Labute approximate surface area is 168 Å². The Bertz CT molecular complexity index is 951. The van der Waals surface area contributed by atoms with Gasteiger partial charge in [-0.1, -0.05) is 18.2 Å². The molecule has 8 heteroatoms. The number of para-hydroxylation sites is 1. The van der Waals surface area contributed by atoms with Crippen molar-refractivity contribution in [2.45, 2.75) is 38.8 Å². The number of carbonyl (C=O) groups excluding carboxylic acids is 4. The Morgan fingerprint density at radius 1 is 1.17 bits per heavy atom. The van der Waals surface area contributed by atoms with Crippen LogP contribution in [0, 0.1) is 0 Å². The molecule has 1 aromatic carbocycles. The van der Waals surface area contributed by atoms with Crippen molar-refractivity contribution in [2.75, 3.05) is 13.1 Å². The normalized spacial score (nSPS) is 16.1. The Balaban J connectivity index is 1.64. The molecule has 3 rings (SSSR count). The van der Waals surface area contributed by atoms with Gasteiger partial charge in [-0.25, -0.2) is 0 Å². The largest absolute Gasteiger partial charge is 0.347 e. The standard InChI is InChI=1S/C21H24N4O4/c1-13(2)24-21(29)19(27)17-8-5-11-25(17)18(26)12-23-20(28)15-9-10-22-16-7-4-3-6-14(15)16/h3-4,6-7,9-10,13,17H,5,8,11-12H2,1-2H3,(H,23,28)(H,24,29). The zero-order valence-electron chi connectivity index (χ0n) is 16.5. The highest BCUT2D eigenvalue weighted by Gasteiger charge is 2.37. The van der Waals surface area contributed by atoms with Crippen LogP contribution in [0.2, 0.25) is 0 Å². The second-order valence-electron chi connectivity index (χ2n) is 7.30. The summed E-state index contributed by atoms with van der Waals surface area (Å²) >= 11 is 0. The number of likely N-dealkylation sites (tertiary alicyclic amines) is 1. The van der Waals surface area contributed by atoms with E-state index in [1.54, 1.807) is 38.2 Å². The molecule has 2 heterocycles. The van der Waals surface area contributed by atoms with Gasteiger partial charge in [0.1, 0.15) is 6.04 Å². The lowest BCUT2D eigenvalue weighted by atomic mass is 10.1. The number of benzene rings is 1. The van der Waals surface area contributed by atoms with E-state index in [1.165, 1.54) is 4.90 Å². The van der Waals surface area contributed by atoms with Crippen molar-refractivity contribution in [3.63, 3.8) is 0 Å². The fraction of sp³-hybridized carbons (Fsp3) is 0.381. The average molecular weight is 396 g/mol. The summed E-state index contributed by atoms with van der Waals surface area (Å²) in [6.07, 6.45) is 2.63. The lowest BCUT2D eigenvalue weighted by Gasteiger charge is -2.23. The Kier molecular flexibility index (Phi) is 6.21. The van der Waals surface area contributed by atoms with E-state index in [0.717, 1.165) is 0 Å². The third kappa shape index (κ3) is 4.59. The van der Waals surface area contributed by atoms with Crippen LogP contribution in [0.15, 0.2) is 36.5 Å². The highest BCUT2D eigenvalue weighted by atomic mass is 16.2. The first-order valence-electron chi connectivity index (χ1n) is 9.64. The summed E-state index contributed by atoms with van der Waals surface area (Å²) in [4.78, 5) is 55.2. The van der Waals surface area contributed by atoms with Crippen molar-refractivity contribution in [3.8, 4) is 0 Å². The van der Waals surface area contributed by atoms with Gasteiger partial charge in [0.05, 0.1) is 17.6 Å². The molecule has 29 heavy (non-hydrogen) atoms. The van der Waals surface area contributed by atoms with Crippen LogP contribution in [0.25, 0.3) is 10.9 Å². The summed E-state index contributed by atoms with van der Waals surface area (Å²) in [5, 5.41) is 5.88. The maximum absolute atomic E-state index is 12.6. The molecule has 1 aliphatic rings. The molecule has 0 aliphatic carbocycles. The molecule has 1 unspecified atom stereocenters. The Hall–Kier alpha value is -3.29. The van der Waals surface area contributed by atoms with Gasteiger partial charge in [-0.3, -0.25) is 24.2 Å². The molecule has 0 spiro atoms. The third-order valence-electron chi connectivity index (χ3n) is 4.81. The van der Waals surface area contributed by atoms with Crippen LogP contribution in [-0.4, -0.2) is 58.6 Å². The number of rotatable bonds is 6. The van der Waals surface area contributed by atoms with Gasteiger partial charge in [-0.2, -0.15) is 0 Å². The van der Waals surface area contributed by atoms with Crippen LogP contribution in [-0.2, 0) is 14.4 Å². The molecule has 1 saturated heterocycles. The molecule has 1 atom stereocenters. The van der Waals surface area contributed by atoms with Gasteiger partial charge in [0.25, 0.3) is 11.8 Å². The van der Waals surface area contributed by atoms with E-state index >= 15 is 0 Å². The molecule has 1 aliphatic heterocycles. The number of Topliss-reactive ketones (excluding diaryl/α,β-unsaturated/α-hetero) is 1. The summed E-state index contributed by atoms with van der Waals surface area (Å²) in [5.41, 5.74) is 1.11. The first-order chi connectivity index (χ1) is 13.9. The van der Waals surface area contributed by atoms with Crippen LogP contribution in [0.3, 0.4) is 0 Å². The van der Waals surface area contributed by atoms with Crippen molar-refractivity contribution in [2.24, 2.45) is 0 Å². The minimum Gasteiger partial charge on any atom is -0.347 e. The minimum atomic E-state index is -0.778. The van der Waals surface area contributed by atoms with Crippen molar-refractivity contribution in [3.05, 3.63) is 42.1 Å². The summed E-state index contributed by atoms with van der Waals surface area (Å²) in [7, 11) is 0. The highest BCUT2D eigenvalue weighted by Crippen LogP contribution is 2.19. The van der Waals surface area contributed by atoms with Crippen LogP contribution >= 0.6 is 0 Å². The predicted octanol–water partition coefficient (Wildman–Crippen LogP) is 1.05. The molecule has 3 amide bonds. The lowest BCUT2D eigenvalue weighted by Crippen LogP contribution is -2.50. The van der Waals surface area contributed by atoms with Gasteiger partial charge < -0.3 is 15.5 Å². The van der Waals surface area contributed by atoms with E-state index in [2.05, 4.69) is 15.6 Å². The second kappa shape index (κ2) is 8.81. The first-order valence-corrected chi connectivity index (χ1v) is 9.64. The zero-order valence-corrected chi connectivity index (χ0v) is 16.5. The molecule has 2 aromatic rings. The summed E-state index contributed by atoms with van der Waals surface area (Å²) in [6, 6.07) is 7.91. The van der Waals surface area contributed by atoms with Gasteiger partial charge in [-0.05, 0) is 38.8 Å². The minimum absolute atomic E-state index is 0.161. The SMILES string of the molecule is CC(C)NC(=O)C(=O)C1CCCN1C(=O)CNC(=O)c1ccnc2ccccc12. The van der Waals surface area contributed by atoms with Gasteiger partial charge in [0, 0.05) is 24.2 Å². The van der Waals surface area contributed by atoms with Crippen molar-refractivity contribution in [1.82, 2.24) is 20.5 Å². The quantitative estimate of drug-likeness (QED) is 0.710. The number of hydrogen-bond acceptors (Lipinski definition) is 5. The maximum Gasteiger partial charge on any atom is 0.289 e. The third-order valence-corrected chi connectivity index (χ3v) is 4.81. The average Bonchev–Trinajstić information content (AvgIpc) is 3.20. The molecule has 1 aromatic heterocycles. The summed E-state index contributed by atoms with van der Waals surface area (Å²) in [6.45, 7) is 3.67. The second-order valence-corrected chi connectivity index (χ2v) is 7.30. The van der Waals surface area contributed by atoms with Crippen LogP contribution in [0.1, 0.15) is 37.0 Å². The van der Waals surface area contributed by atoms with E-state index in [1.807, 2.05) is 12.1 Å². The molecule has 152 valence electrons. The Morgan fingerprint density at radius 2 is 1.93 bits per heavy atom. The smallest absolute Gasteiger partial charge is 0.289 e. The number of pyridine rings is 1. The number of ketones is 1. The van der Waals surface area contributed by atoms with Crippen LogP contribution < -0.4 is 10.6 Å². The predicted molar refractivity (Wildman–Crippen MR) is 107 cm³/mol. The first kappa shape index (κ1) is 20.4. The summed E-state index contributed by atoms with van der Waals surface area (Å²) in [5.74, 6) is -2.07. The monoisotopic (exact) mass is 396 g/mol. The molecular weight excluding hydrogens is 372 g/mol. The Morgan fingerprint density at radius 3 is 2.69 bits per heavy atom. The molecule has 0 radical (unpaired) electrons. The molecule has 8 nitrogen and oxygen atoms in total. The number of amides is 3. The zero-order chi connectivity index (χ0) is 21.0. The van der Waals surface area contributed by atoms with E-state index < -0.39 is 23.6 Å². The topological polar surface area (TPSA) is 108 Å². The number of carbonyl (C=O) groups is 4. The van der Waals surface area contributed by atoms with Gasteiger partial charge in [-0.15, -0.1) is 0 Å². The van der Waals surface area contributed by atoms with Crippen molar-refractivity contribution in [1.29, 1.82) is 0 Å². The molecule has 0 bridgehead atoms. The van der Waals surface area contributed by atoms with E-state index in [-0.39, 0.29) is 18.5 Å². The fourth-order valence-corrected chi connectivity index (χ4v) is 3.47. The number of nitrogens with zero attached hydrogens (tertiary/aromatic N) is 2. The number of aromatic nitrogens is 1. The number of fused-ring (bicyclic) bond motifs is 1. The molecule has 2 N–H and O–H groups in total. The van der Waals surface area contributed by atoms with Crippen molar-refractivity contribution >= 4 is 34.4 Å². The van der Waals surface area contributed by atoms with Crippen molar-refractivity contribution < 1.29 is 19.2 Å². The molecule has 0 saturated carbocycles. The number of nitrogens with one attached hydrogen (secondary N) is 2. The van der Waals surface area contributed by atoms with Gasteiger partial charge in [0.15, 0.2) is 0 Å². The van der Waals surface area contributed by atoms with Crippen LogP contribution in [0.5, 0.6) is 0 Å². The van der Waals surface area contributed by atoms with Crippen LogP contribution in [0.4, 0.5) is 0 Å². The van der Waals surface area contributed by atoms with Gasteiger partial charge >= 0.3 is 0 Å². The van der Waals surface area contributed by atoms with E-state index in [4.69, 9.17) is 0 Å². The molecule has 1 fully saturated rings. The number of hydrogen-bond donors (Lipinski definition) is 2. The van der Waals surface area contributed by atoms with E-state index in [9.17, 15) is 19.2 Å². The highest BCUT2D eigenvalue weighted by molar-refractivity contribution is 6.38. The van der Waals surface area contributed by atoms with Gasteiger partial charge in [0.2, 0.25) is 11.7 Å². The molecular formula is C21H24N4O4. The lowest BCUT2D eigenvalue weighted by molar-refractivity contribution is -0.144. The maximum atomic E-state index is 12.6. The summed E-state index contributed by atoms with van der Waals surface area (Å²) < 4.78 is 0.